The van der Waals surface area contributed by atoms with E-state index in [4.69, 9.17) is 5.11 Å². The van der Waals surface area contributed by atoms with Gasteiger partial charge in [0.25, 0.3) is 0 Å². The van der Waals surface area contributed by atoms with Gasteiger partial charge >= 0.3 is 5.97 Å². The maximum Gasteiger partial charge on any atom is 0.330 e. The Labute approximate surface area is 185 Å². The highest BCUT2D eigenvalue weighted by molar-refractivity contribution is 5.85. The van der Waals surface area contributed by atoms with Gasteiger partial charge in [0.1, 0.15) is 6.29 Å². The molecule has 176 valence electrons. The van der Waals surface area contributed by atoms with E-state index in [2.05, 4.69) is 63.7 Å². The van der Waals surface area contributed by atoms with Crippen LogP contribution in [0.25, 0.3) is 0 Å². The SMILES string of the molecule is C=C(NC(C=O)C(C)C)C1CCCCN1C(C)C.CCC.CNC/C=C(\C)C(=O)O. The summed E-state index contributed by atoms with van der Waals surface area (Å²) in [7, 11) is 1.77. The third-order valence-electron chi connectivity index (χ3n) is 4.78. The maximum atomic E-state index is 11.1. The van der Waals surface area contributed by atoms with Crippen molar-refractivity contribution in [2.75, 3.05) is 20.1 Å². The number of nitrogens with zero attached hydrogens (tertiary/aromatic N) is 1. The molecule has 0 aliphatic carbocycles. The van der Waals surface area contributed by atoms with Crippen LogP contribution in [0.4, 0.5) is 0 Å². The second-order valence-electron chi connectivity index (χ2n) is 8.38. The molecule has 0 aromatic carbocycles. The predicted octanol–water partition coefficient (Wildman–Crippen LogP) is 4.23. The number of carbonyl (C=O) groups is 2. The molecular weight excluding hydrogens is 378 g/mol. The third-order valence-corrected chi connectivity index (χ3v) is 4.78. The lowest BCUT2D eigenvalue weighted by molar-refractivity contribution is -0.132. The molecule has 1 saturated heterocycles. The number of piperidine rings is 1. The van der Waals surface area contributed by atoms with E-state index >= 15 is 0 Å². The van der Waals surface area contributed by atoms with Crippen LogP contribution < -0.4 is 10.6 Å². The van der Waals surface area contributed by atoms with Gasteiger partial charge < -0.3 is 20.5 Å². The summed E-state index contributed by atoms with van der Waals surface area (Å²) in [5, 5.41) is 14.4. The van der Waals surface area contributed by atoms with Gasteiger partial charge in [-0.2, -0.15) is 0 Å². The average Bonchev–Trinajstić information content (AvgIpc) is 2.70. The monoisotopic (exact) mass is 425 g/mol. The Kier molecular flexibility index (Phi) is 18.5. The third kappa shape index (κ3) is 13.5. The number of carbonyl (C=O) groups excluding carboxylic acids is 1. The summed E-state index contributed by atoms with van der Waals surface area (Å²) in [5.41, 5.74) is 1.39. The molecule has 1 aliphatic rings. The fourth-order valence-electron chi connectivity index (χ4n) is 2.96. The fraction of sp³-hybridized carbons (Fsp3) is 0.750. The summed E-state index contributed by atoms with van der Waals surface area (Å²) in [4.78, 5) is 23.7. The number of aldehydes is 1. The Morgan fingerprint density at radius 2 is 1.80 bits per heavy atom. The molecule has 0 saturated carbocycles. The van der Waals surface area contributed by atoms with E-state index < -0.39 is 5.97 Å². The molecule has 2 unspecified atom stereocenters. The topological polar surface area (TPSA) is 81.7 Å². The van der Waals surface area contributed by atoms with Crippen LogP contribution in [0.1, 0.15) is 74.1 Å². The van der Waals surface area contributed by atoms with E-state index in [0.717, 1.165) is 24.9 Å². The van der Waals surface area contributed by atoms with E-state index in [1.54, 1.807) is 20.0 Å². The van der Waals surface area contributed by atoms with Crippen molar-refractivity contribution in [1.82, 2.24) is 15.5 Å². The molecule has 3 N–H and O–H groups in total. The molecule has 0 spiro atoms. The summed E-state index contributed by atoms with van der Waals surface area (Å²) >= 11 is 0. The first-order valence-electron chi connectivity index (χ1n) is 11.3. The smallest absolute Gasteiger partial charge is 0.330 e. The van der Waals surface area contributed by atoms with E-state index in [1.807, 2.05) is 0 Å². The van der Waals surface area contributed by atoms with Gasteiger partial charge in [-0.15, -0.1) is 0 Å². The Hall–Kier alpha value is -1.66. The highest BCUT2D eigenvalue weighted by Crippen LogP contribution is 2.23. The highest BCUT2D eigenvalue weighted by atomic mass is 16.4. The molecule has 1 aliphatic heterocycles. The first-order valence-corrected chi connectivity index (χ1v) is 11.3. The molecule has 2 atom stereocenters. The van der Waals surface area contributed by atoms with Gasteiger partial charge in [-0.25, -0.2) is 4.79 Å². The lowest BCUT2D eigenvalue weighted by Crippen LogP contribution is -2.49. The summed E-state index contributed by atoms with van der Waals surface area (Å²) < 4.78 is 0. The molecule has 6 nitrogen and oxygen atoms in total. The van der Waals surface area contributed by atoms with E-state index in [0.29, 0.717) is 30.1 Å². The summed E-state index contributed by atoms with van der Waals surface area (Å²) in [6.07, 6.45) is 7.54. The van der Waals surface area contributed by atoms with Crippen LogP contribution in [0.15, 0.2) is 23.9 Å². The van der Waals surface area contributed by atoms with Gasteiger partial charge in [-0.05, 0) is 53.1 Å². The molecule has 0 aromatic heterocycles. The van der Waals surface area contributed by atoms with Crippen molar-refractivity contribution in [3.8, 4) is 0 Å². The van der Waals surface area contributed by atoms with Crippen LogP contribution >= 0.6 is 0 Å². The largest absolute Gasteiger partial charge is 0.478 e. The number of carboxylic acids is 1. The molecule has 1 rings (SSSR count). The van der Waals surface area contributed by atoms with Crippen LogP contribution in [0.3, 0.4) is 0 Å². The Balaban J connectivity index is 0. The number of likely N-dealkylation sites (tertiary alicyclic amines) is 1. The van der Waals surface area contributed by atoms with Crippen molar-refractivity contribution >= 4 is 12.3 Å². The number of aliphatic carboxylic acids is 1. The standard InChI is InChI=1S/C15H28N2O.C6H11NO2.C3H8/c1-11(2)14(10-18)16-13(5)15-8-6-7-9-17(15)12(3)4;1-5(6(8)9)3-4-7-2;1-3-2/h10-12,14-16H,5-9H2,1-4H3;3,7H,4H2,1-2H3,(H,8,9);3H2,1-2H3/b;5-3+;. The number of carboxylic acid groups (broad SMARTS) is 1. The van der Waals surface area contributed by atoms with Crippen molar-refractivity contribution < 1.29 is 14.7 Å². The quantitative estimate of drug-likeness (QED) is 0.379. The molecular formula is C24H47N3O3. The molecule has 6 heteroatoms. The Morgan fingerprint density at radius 3 is 2.20 bits per heavy atom. The van der Waals surface area contributed by atoms with Crippen LogP contribution in [0.2, 0.25) is 0 Å². The molecule has 0 aromatic rings. The minimum Gasteiger partial charge on any atom is -0.478 e. The normalized spacial score (nSPS) is 17.9. The molecule has 30 heavy (non-hydrogen) atoms. The first-order chi connectivity index (χ1) is 14.1. The van der Waals surface area contributed by atoms with Crippen molar-refractivity contribution in [1.29, 1.82) is 0 Å². The van der Waals surface area contributed by atoms with Gasteiger partial charge in [0.15, 0.2) is 0 Å². The summed E-state index contributed by atoms with van der Waals surface area (Å²) in [5.74, 6) is -0.555. The minimum atomic E-state index is -0.856. The molecule has 1 heterocycles. The van der Waals surface area contributed by atoms with Gasteiger partial charge in [0, 0.05) is 29.9 Å². The number of likely N-dealkylation sites (N-methyl/N-ethyl adjacent to an activating group) is 1. The maximum absolute atomic E-state index is 11.1. The van der Waals surface area contributed by atoms with Crippen LogP contribution in [0.5, 0.6) is 0 Å². The van der Waals surface area contributed by atoms with Crippen LogP contribution in [0, 0.1) is 5.92 Å². The van der Waals surface area contributed by atoms with Gasteiger partial charge in [-0.3, -0.25) is 4.90 Å². The zero-order valence-electron chi connectivity index (χ0n) is 20.6. The lowest BCUT2D eigenvalue weighted by atomic mass is 9.96. The summed E-state index contributed by atoms with van der Waals surface area (Å²) in [6, 6.07) is 0.788. The van der Waals surface area contributed by atoms with E-state index in [9.17, 15) is 9.59 Å². The van der Waals surface area contributed by atoms with Crippen LogP contribution in [-0.2, 0) is 9.59 Å². The Bertz CT molecular complexity index is 516. The lowest BCUT2D eigenvalue weighted by Gasteiger charge is -2.40. The van der Waals surface area contributed by atoms with Crippen molar-refractivity contribution in [3.63, 3.8) is 0 Å². The van der Waals surface area contributed by atoms with Gasteiger partial charge in [-0.1, -0.05) is 53.2 Å². The summed E-state index contributed by atoms with van der Waals surface area (Å²) in [6.45, 7) is 20.3. The highest BCUT2D eigenvalue weighted by Gasteiger charge is 2.27. The van der Waals surface area contributed by atoms with Crippen molar-refractivity contribution in [2.45, 2.75) is 92.3 Å². The van der Waals surface area contributed by atoms with Crippen LogP contribution in [-0.4, -0.2) is 60.5 Å². The minimum absolute atomic E-state index is 0.117. The second-order valence-corrected chi connectivity index (χ2v) is 8.38. The zero-order chi connectivity index (χ0) is 23.7. The van der Waals surface area contributed by atoms with Crippen molar-refractivity contribution in [3.05, 3.63) is 23.9 Å². The van der Waals surface area contributed by atoms with Gasteiger partial charge in [0.05, 0.1) is 6.04 Å². The average molecular weight is 426 g/mol. The molecule has 0 amide bonds. The number of hydrogen-bond donors (Lipinski definition) is 3. The van der Waals surface area contributed by atoms with E-state index in [1.165, 1.54) is 19.3 Å². The van der Waals surface area contributed by atoms with Gasteiger partial charge in [0.2, 0.25) is 0 Å². The fourth-order valence-corrected chi connectivity index (χ4v) is 2.96. The van der Waals surface area contributed by atoms with Crippen molar-refractivity contribution in [2.24, 2.45) is 5.92 Å². The predicted molar refractivity (Wildman–Crippen MR) is 128 cm³/mol. The number of rotatable bonds is 9. The zero-order valence-corrected chi connectivity index (χ0v) is 20.6. The second kappa shape index (κ2) is 18.1. The first kappa shape index (κ1) is 30.5. The molecule has 0 bridgehead atoms. The molecule has 0 radical (unpaired) electrons. The number of nitrogens with one attached hydrogen (secondary N) is 2. The molecule has 1 fully saturated rings. The van der Waals surface area contributed by atoms with E-state index in [-0.39, 0.29) is 6.04 Å². The number of hydrogen-bond acceptors (Lipinski definition) is 5. The Morgan fingerprint density at radius 1 is 1.23 bits per heavy atom.